The Morgan fingerprint density at radius 1 is 1.04 bits per heavy atom. The first-order chi connectivity index (χ1) is 13.5. The molecule has 28 heavy (non-hydrogen) atoms. The number of hydrogen-bond donors (Lipinski definition) is 2. The standard InChI is InChI=1S/C23H24N2O3/c1-2-23(13-12-20(26)25-22(23)28)18-8-10-19(11-9-18)24-21(27)17-7-6-15-4-3-5-16(15)14-17/h6-11,14H,2-5,12-13H2,1H3,(H,24,27)(H,25,26,28)/t23-/m0/s1. The zero-order valence-corrected chi connectivity index (χ0v) is 16.0. The number of piperidine rings is 1. The van der Waals surface area contributed by atoms with E-state index < -0.39 is 5.41 Å². The minimum atomic E-state index is -0.684. The van der Waals surface area contributed by atoms with E-state index in [0.29, 0.717) is 30.5 Å². The van der Waals surface area contributed by atoms with Crippen LogP contribution >= 0.6 is 0 Å². The Labute approximate surface area is 164 Å². The Morgan fingerprint density at radius 2 is 1.79 bits per heavy atom. The SMILES string of the molecule is CC[C@@]1(c2ccc(NC(=O)c3ccc4c(c3)CCC4)cc2)CCC(=O)NC1=O. The van der Waals surface area contributed by atoms with E-state index in [-0.39, 0.29) is 17.7 Å². The zero-order chi connectivity index (χ0) is 19.7. The molecule has 5 nitrogen and oxygen atoms in total. The van der Waals surface area contributed by atoms with Gasteiger partial charge in [0.15, 0.2) is 0 Å². The number of carbonyl (C=O) groups is 3. The van der Waals surface area contributed by atoms with Crippen molar-refractivity contribution < 1.29 is 14.4 Å². The predicted molar refractivity (Wildman–Crippen MR) is 107 cm³/mol. The van der Waals surface area contributed by atoms with Crippen molar-refractivity contribution in [2.24, 2.45) is 0 Å². The van der Waals surface area contributed by atoms with E-state index in [4.69, 9.17) is 0 Å². The molecule has 3 amide bonds. The smallest absolute Gasteiger partial charge is 0.255 e. The number of rotatable bonds is 4. The molecule has 0 spiro atoms. The van der Waals surface area contributed by atoms with E-state index in [2.05, 4.69) is 10.6 Å². The molecule has 1 aliphatic heterocycles. The highest BCUT2D eigenvalue weighted by Gasteiger charge is 2.42. The molecule has 2 aliphatic rings. The second-order valence-electron chi connectivity index (χ2n) is 7.68. The number of hydrogen-bond acceptors (Lipinski definition) is 3. The lowest BCUT2D eigenvalue weighted by Crippen LogP contribution is -2.51. The minimum absolute atomic E-state index is 0.131. The van der Waals surface area contributed by atoms with E-state index in [0.717, 1.165) is 24.8 Å². The number of anilines is 1. The number of nitrogens with one attached hydrogen (secondary N) is 2. The number of amides is 3. The topological polar surface area (TPSA) is 75.3 Å². The van der Waals surface area contributed by atoms with E-state index in [1.165, 1.54) is 11.1 Å². The monoisotopic (exact) mass is 376 g/mol. The van der Waals surface area contributed by atoms with Gasteiger partial charge in [0.2, 0.25) is 11.8 Å². The minimum Gasteiger partial charge on any atom is -0.322 e. The molecule has 1 aliphatic carbocycles. The average molecular weight is 376 g/mol. The highest BCUT2D eigenvalue weighted by Crippen LogP contribution is 2.36. The molecule has 1 atom stereocenters. The maximum Gasteiger partial charge on any atom is 0.255 e. The van der Waals surface area contributed by atoms with Gasteiger partial charge in [0.1, 0.15) is 0 Å². The lowest BCUT2D eigenvalue weighted by atomic mass is 9.72. The number of imide groups is 1. The Hall–Kier alpha value is -2.95. The van der Waals surface area contributed by atoms with Crippen LogP contribution in [0.4, 0.5) is 5.69 Å². The highest BCUT2D eigenvalue weighted by atomic mass is 16.2. The summed E-state index contributed by atoms with van der Waals surface area (Å²) in [5.74, 6) is -0.581. The molecule has 0 bridgehead atoms. The van der Waals surface area contributed by atoms with Crippen molar-refractivity contribution >= 4 is 23.4 Å². The normalized spacial score (nSPS) is 21.2. The largest absolute Gasteiger partial charge is 0.322 e. The van der Waals surface area contributed by atoms with Gasteiger partial charge in [-0.25, -0.2) is 0 Å². The molecule has 0 unspecified atom stereocenters. The molecule has 1 heterocycles. The highest BCUT2D eigenvalue weighted by molar-refractivity contribution is 6.05. The fourth-order valence-electron chi connectivity index (χ4n) is 4.36. The molecule has 144 valence electrons. The van der Waals surface area contributed by atoms with Crippen LogP contribution in [-0.2, 0) is 27.8 Å². The molecule has 2 aromatic carbocycles. The lowest BCUT2D eigenvalue weighted by Gasteiger charge is -2.35. The van der Waals surface area contributed by atoms with Gasteiger partial charge in [0, 0.05) is 17.7 Å². The van der Waals surface area contributed by atoms with Crippen molar-refractivity contribution in [3.63, 3.8) is 0 Å². The Morgan fingerprint density at radius 3 is 2.50 bits per heavy atom. The average Bonchev–Trinajstić information content (AvgIpc) is 3.17. The van der Waals surface area contributed by atoms with Crippen molar-refractivity contribution in [2.75, 3.05) is 5.32 Å². The van der Waals surface area contributed by atoms with Gasteiger partial charge >= 0.3 is 0 Å². The fraction of sp³-hybridized carbons (Fsp3) is 0.348. The summed E-state index contributed by atoms with van der Waals surface area (Å²) in [6.07, 6.45) is 4.75. The van der Waals surface area contributed by atoms with Gasteiger partial charge in [-0.05, 0) is 73.1 Å². The number of fused-ring (bicyclic) bond motifs is 1. The van der Waals surface area contributed by atoms with Gasteiger partial charge in [-0.3, -0.25) is 19.7 Å². The van der Waals surface area contributed by atoms with Crippen molar-refractivity contribution in [2.45, 2.75) is 50.9 Å². The summed E-state index contributed by atoms with van der Waals surface area (Å²) >= 11 is 0. The summed E-state index contributed by atoms with van der Waals surface area (Å²) in [4.78, 5) is 36.6. The van der Waals surface area contributed by atoms with Crippen molar-refractivity contribution in [3.8, 4) is 0 Å². The number of benzene rings is 2. The molecule has 0 saturated carbocycles. The molecule has 1 saturated heterocycles. The summed E-state index contributed by atoms with van der Waals surface area (Å²) < 4.78 is 0. The third kappa shape index (κ3) is 3.21. The predicted octanol–water partition coefficient (Wildman–Crippen LogP) is 3.51. The molecular weight excluding hydrogens is 352 g/mol. The van der Waals surface area contributed by atoms with Gasteiger partial charge in [0.25, 0.3) is 5.91 Å². The Bertz CT molecular complexity index is 949. The molecule has 2 aromatic rings. The van der Waals surface area contributed by atoms with Crippen LogP contribution in [0.1, 0.15) is 59.7 Å². The fourth-order valence-corrected chi connectivity index (χ4v) is 4.36. The van der Waals surface area contributed by atoms with Crippen LogP contribution in [0.15, 0.2) is 42.5 Å². The second kappa shape index (κ2) is 7.23. The quantitative estimate of drug-likeness (QED) is 0.802. The Balaban J connectivity index is 1.51. The molecule has 0 radical (unpaired) electrons. The van der Waals surface area contributed by atoms with E-state index in [1.807, 2.05) is 49.4 Å². The van der Waals surface area contributed by atoms with Crippen LogP contribution in [-0.4, -0.2) is 17.7 Å². The van der Waals surface area contributed by atoms with Crippen LogP contribution in [0.3, 0.4) is 0 Å². The first-order valence-corrected chi connectivity index (χ1v) is 9.90. The van der Waals surface area contributed by atoms with Gasteiger partial charge in [0.05, 0.1) is 5.41 Å². The van der Waals surface area contributed by atoms with Gasteiger partial charge in [-0.15, -0.1) is 0 Å². The summed E-state index contributed by atoms with van der Waals surface area (Å²) in [5, 5.41) is 5.40. The van der Waals surface area contributed by atoms with Crippen LogP contribution < -0.4 is 10.6 Å². The maximum absolute atomic E-state index is 12.6. The summed E-state index contributed by atoms with van der Waals surface area (Å²) in [7, 11) is 0. The third-order valence-corrected chi connectivity index (χ3v) is 6.13. The third-order valence-electron chi connectivity index (χ3n) is 6.13. The zero-order valence-electron chi connectivity index (χ0n) is 16.0. The van der Waals surface area contributed by atoms with Crippen molar-refractivity contribution in [1.29, 1.82) is 0 Å². The number of aryl methyl sites for hydroxylation is 2. The molecule has 0 aromatic heterocycles. The van der Waals surface area contributed by atoms with Crippen LogP contribution in [0, 0.1) is 0 Å². The van der Waals surface area contributed by atoms with Crippen LogP contribution in [0.5, 0.6) is 0 Å². The molecule has 5 heteroatoms. The van der Waals surface area contributed by atoms with E-state index >= 15 is 0 Å². The van der Waals surface area contributed by atoms with E-state index in [1.54, 1.807) is 0 Å². The molecule has 4 rings (SSSR count). The Kier molecular flexibility index (Phi) is 4.75. The van der Waals surface area contributed by atoms with Crippen LogP contribution in [0.2, 0.25) is 0 Å². The summed E-state index contributed by atoms with van der Waals surface area (Å²) in [6, 6.07) is 13.3. The summed E-state index contributed by atoms with van der Waals surface area (Å²) in [6.45, 7) is 1.96. The first kappa shape index (κ1) is 18.4. The first-order valence-electron chi connectivity index (χ1n) is 9.90. The van der Waals surface area contributed by atoms with E-state index in [9.17, 15) is 14.4 Å². The van der Waals surface area contributed by atoms with Gasteiger partial charge in [-0.2, -0.15) is 0 Å². The molecule has 1 fully saturated rings. The van der Waals surface area contributed by atoms with Crippen molar-refractivity contribution in [1.82, 2.24) is 5.32 Å². The summed E-state index contributed by atoms with van der Waals surface area (Å²) in [5.41, 5.74) is 4.15. The number of carbonyl (C=O) groups excluding carboxylic acids is 3. The molecule has 2 N–H and O–H groups in total. The maximum atomic E-state index is 12.6. The molecular formula is C23H24N2O3. The van der Waals surface area contributed by atoms with Gasteiger partial charge in [-0.1, -0.05) is 25.1 Å². The van der Waals surface area contributed by atoms with Crippen molar-refractivity contribution in [3.05, 3.63) is 64.7 Å². The lowest BCUT2D eigenvalue weighted by molar-refractivity contribution is -0.138. The van der Waals surface area contributed by atoms with Gasteiger partial charge < -0.3 is 5.32 Å². The van der Waals surface area contributed by atoms with Crippen LogP contribution in [0.25, 0.3) is 0 Å². The second-order valence-corrected chi connectivity index (χ2v) is 7.68.